The number of hydrogen-bond donors (Lipinski definition) is 1. The highest BCUT2D eigenvalue weighted by atomic mass is 19.1. The van der Waals surface area contributed by atoms with E-state index in [4.69, 9.17) is 9.47 Å². The van der Waals surface area contributed by atoms with Crippen molar-refractivity contribution in [3.8, 4) is 39.5 Å². The minimum Gasteiger partial charge on any atom is -0.493 e. The molecule has 5 rings (SSSR count). The highest BCUT2D eigenvalue weighted by Gasteiger charge is 2.18. The van der Waals surface area contributed by atoms with Crippen LogP contribution in [0.3, 0.4) is 0 Å². The first-order valence-corrected chi connectivity index (χ1v) is 13.4. The van der Waals surface area contributed by atoms with Gasteiger partial charge >= 0.3 is 0 Å². The monoisotopic (exact) mass is 566 g/mol. The number of nitrogens with zero attached hydrogens (tertiary/aromatic N) is 1. The van der Waals surface area contributed by atoms with Gasteiger partial charge < -0.3 is 19.4 Å². The number of anilines is 1. The molecule has 1 aromatic heterocycles. The van der Waals surface area contributed by atoms with Gasteiger partial charge in [-0.3, -0.25) is 9.59 Å². The van der Waals surface area contributed by atoms with Gasteiger partial charge in [-0.05, 0) is 53.9 Å². The average Bonchev–Trinajstić information content (AvgIpc) is 2.98. The summed E-state index contributed by atoms with van der Waals surface area (Å²) in [6.45, 7) is 2.08. The van der Waals surface area contributed by atoms with Crippen LogP contribution in [0, 0.1) is 11.6 Å². The third-order valence-electron chi connectivity index (χ3n) is 6.58. The maximum atomic E-state index is 14.5. The van der Waals surface area contributed by atoms with Crippen LogP contribution < -0.4 is 20.3 Å². The number of rotatable bonds is 9. The van der Waals surface area contributed by atoms with Gasteiger partial charge in [0.15, 0.2) is 11.6 Å². The van der Waals surface area contributed by atoms with E-state index in [9.17, 15) is 18.4 Å². The molecule has 42 heavy (non-hydrogen) atoms. The van der Waals surface area contributed by atoms with Crippen molar-refractivity contribution >= 4 is 11.6 Å². The summed E-state index contributed by atoms with van der Waals surface area (Å²) in [6.07, 6.45) is 1.73. The summed E-state index contributed by atoms with van der Waals surface area (Å²) in [7, 11) is 1.59. The molecule has 0 atom stereocenters. The number of ether oxygens (including phenoxy) is 2. The van der Waals surface area contributed by atoms with E-state index in [1.54, 1.807) is 38.4 Å². The maximum absolute atomic E-state index is 14.5. The van der Waals surface area contributed by atoms with Crippen molar-refractivity contribution in [3.05, 3.63) is 131 Å². The molecular formula is C34H28F2N2O4. The molecule has 0 saturated heterocycles. The summed E-state index contributed by atoms with van der Waals surface area (Å²) in [5.41, 5.74) is 4.09. The van der Waals surface area contributed by atoms with Crippen LogP contribution in [-0.2, 0) is 18.3 Å². The van der Waals surface area contributed by atoms with Crippen LogP contribution in [0.2, 0.25) is 0 Å². The zero-order valence-electron chi connectivity index (χ0n) is 23.1. The molecule has 4 aromatic carbocycles. The van der Waals surface area contributed by atoms with Gasteiger partial charge in [-0.1, -0.05) is 54.6 Å². The number of carbonyl (C=O) groups is 1. The third kappa shape index (κ3) is 6.55. The normalized spacial score (nSPS) is 10.8. The Kier molecular flexibility index (Phi) is 8.43. The van der Waals surface area contributed by atoms with E-state index in [0.29, 0.717) is 29.2 Å². The summed E-state index contributed by atoms with van der Waals surface area (Å²) in [6, 6.07) is 27.0. The first-order valence-electron chi connectivity index (χ1n) is 13.4. The second-order valence-corrected chi connectivity index (χ2v) is 9.61. The number of halogens is 2. The smallest absolute Gasteiger partial charge is 0.254 e. The van der Waals surface area contributed by atoms with E-state index in [1.807, 2.05) is 54.6 Å². The Bertz CT molecular complexity index is 1780. The predicted octanol–water partition coefficient (Wildman–Crippen LogP) is 7.37. The zero-order valence-corrected chi connectivity index (χ0v) is 23.1. The standard InChI is InChI=1S/C34H28F2N2O4/c1-3-41-32-20-34(40)38(2)21-28(32)27-19-26(14-16-30(27)42-31-15-13-25(35)18-29(31)36)37-33(39)17-22-9-11-24(12-10-22)23-7-5-4-6-8-23/h4-16,18-21H,3,17H2,1-2H3,(H,37,39). The summed E-state index contributed by atoms with van der Waals surface area (Å²) >= 11 is 0. The second kappa shape index (κ2) is 12.5. The number of hydrogen-bond acceptors (Lipinski definition) is 4. The molecule has 0 radical (unpaired) electrons. The lowest BCUT2D eigenvalue weighted by molar-refractivity contribution is -0.115. The Hall–Kier alpha value is -5.24. The van der Waals surface area contributed by atoms with Crippen molar-refractivity contribution in [2.75, 3.05) is 11.9 Å². The second-order valence-electron chi connectivity index (χ2n) is 9.61. The van der Waals surface area contributed by atoms with Crippen molar-refractivity contribution in [3.63, 3.8) is 0 Å². The SMILES string of the molecule is CCOc1cc(=O)n(C)cc1-c1cc(NC(=O)Cc2ccc(-c3ccccc3)cc2)ccc1Oc1ccc(F)cc1F. The van der Waals surface area contributed by atoms with Crippen LogP contribution in [0.4, 0.5) is 14.5 Å². The number of benzene rings is 4. The number of nitrogens with one attached hydrogen (secondary N) is 1. The van der Waals surface area contributed by atoms with Crippen LogP contribution >= 0.6 is 0 Å². The summed E-state index contributed by atoms with van der Waals surface area (Å²) in [5, 5.41) is 2.91. The minimum absolute atomic E-state index is 0.146. The first-order chi connectivity index (χ1) is 20.3. The molecule has 0 aliphatic heterocycles. The zero-order chi connectivity index (χ0) is 29.6. The van der Waals surface area contributed by atoms with E-state index in [1.165, 1.54) is 16.7 Å². The topological polar surface area (TPSA) is 69.6 Å². The van der Waals surface area contributed by atoms with E-state index in [0.717, 1.165) is 28.8 Å². The number of amides is 1. The molecule has 212 valence electrons. The molecule has 1 N–H and O–H groups in total. The molecule has 1 amide bonds. The van der Waals surface area contributed by atoms with Gasteiger partial charge in [0, 0.05) is 42.2 Å². The van der Waals surface area contributed by atoms with Gasteiger partial charge in [0.2, 0.25) is 5.91 Å². The molecule has 6 nitrogen and oxygen atoms in total. The van der Waals surface area contributed by atoms with Gasteiger partial charge in [0.1, 0.15) is 17.3 Å². The lowest BCUT2D eigenvalue weighted by Gasteiger charge is -2.17. The van der Waals surface area contributed by atoms with Crippen LogP contribution in [0.5, 0.6) is 17.2 Å². The first kappa shape index (κ1) is 28.3. The molecule has 0 bridgehead atoms. The highest BCUT2D eigenvalue weighted by molar-refractivity contribution is 5.93. The summed E-state index contributed by atoms with van der Waals surface area (Å²) < 4.78 is 40.9. The minimum atomic E-state index is -0.873. The Labute approximate surface area is 241 Å². The van der Waals surface area contributed by atoms with Gasteiger partial charge in [-0.25, -0.2) is 8.78 Å². The van der Waals surface area contributed by atoms with Crippen molar-refractivity contribution in [2.45, 2.75) is 13.3 Å². The Balaban J connectivity index is 1.45. The molecule has 0 unspecified atom stereocenters. The third-order valence-corrected chi connectivity index (χ3v) is 6.58. The molecular weight excluding hydrogens is 538 g/mol. The van der Waals surface area contributed by atoms with Crippen LogP contribution in [-0.4, -0.2) is 17.1 Å². The molecule has 8 heteroatoms. The number of aryl methyl sites for hydroxylation is 1. The largest absolute Gasteiger partial charge is 0.493 e. The van der Waals surface area contributed by atoms with E-state index in [2.05, 4.69) is 5.32 Å². The fourth-order valence-corrected chi connectivity index (χ4v) is 4.51. The predicted molar refractivity (Wildman–Crippen MR) is 159 cm³/mol. The molecule has 0 aliphatic rings. The van der Waals surface area contributed by atoms with Crippen LogP contribution in [0.15, 0.2) is 108 Å². The van der Waals surface area contributed by atoms with Gasteiger partial charge in [-0.15, -0.1) is 0 Å². The van der Waals surface area contributed by atoms with E-state index in [-0.39, 0.29) is 29.4 Å². The average molecular weight is 567 g/mol. The number of carbonyl (C=O) groups excluding carboxylic acids is 1. The van der Waals surface area contributed by atoms with Crippen LogP contribution in [0.25, 0.3) is 22.3 Å². The molecule has 0 saturated carbocycles. The van der Waals surface area contributed by atoms with E-state index >= 15 is 0 Å². The lowest BCUT2D eigenvalue weighted by Crippen LogP contribution is -2.16. The molecule has 0 fully saturated rings. The number of pyridine rings is 1. The highest BCUT2D eigenvalue weighted by Crippen LogP contribution is 2.40. The fraction of sp³-hybridized carbons (Fsp3) is 0.118. The summed E-state index contributed by atoms with van der Waals surface area (Å²) in [4.78, 5) is 25.4. The Morgan fingerprint density at radius 2 is 1.52 bits per heavy atom. The molecule has 5 aromatic rings. The van der Waals surface area contributed by atoms with E-state index < -0.39 is 11.6 Å². The van der Waals surface area contributed by atoms with Crippen LogP contribution in [0.1, 0.15) is 12.5 Å². The Morgan fingerprint density at radius 3 is 2.24 bits per heavy atom. The van der Waals surface area contributed by atoms with Gasteiger partial charge in [-0.2, -0.15) is 0 Å². The molecule has 0 aliphatic carbocycles. The van der Waals surface area contributed by atoms with Crippen molar-refractivity contribution in [1.82, 2.24) is 4.57 Å². The van der Waals surface area contributed by atoms with Crippen molar-refractivity contribution in [2.24, 2.45) is 7.05 Å². The number of aromatic nitrogens is 1. The van der Waals surface area contributed by atoms with Crippen molar-refractivity contribution in [1.29, 1.82) is 0 Å². The Morgan fingerprint density at radius 1 is 0.810 bits per heavy atom. The quantitative estimate of drug-likeness (QED) is 0.202. The van der Waals surface area contributed by atoms with Gasteiger partial charge in [0.25, 0.3) is 5.56 Å². The van der Waals surface area contributed by atoms with Gasteiger partial charge in [0.05, 0.1) is 13.0 Å². The molecule has 1 heterocycles. The van der Waals surface area contributed by atoms with Crippen molar-refractivity contribution < 1.29 is 23.0 Å². The fourth-order valence-electron chi connectivity index (χ4n) is 4.51. The lowest BCUT2D eigenvalue weighted by atomic mass is 10.0. The molecule has 0 spiro atoms. The summed E-state index contributed by atoms with van der Waals surface area (Å²) in [5.74, 6) is -1.51. The maximum Gasteiger partial charge on any atom is 0.254 e.